The topological polar surface area (TPSA) is 61.0 Å². The summed E-state index contributed by atoms with van der Waals surface area (Å²) in [5, 5.41) is 2.51. The van der Waals surface area contributed by atoms with Crippen LogP contribution in [-0.4, -0.2) is 34.0 Å². The number of rotatable bonds is 2. The first-order chi connectivity index (χ1) is 12.4. The number of carbonyl (C=O) groups excluding carboxylic acids is 1. The first kappa shape index (κ1) is 16.4. The number of halogens is 3. The number of carbonyl (C=O) groups is 1. The fourth-order valence-electron chi connectivity index (χ4n) is 2.96. The zero-order valence-corrected chi connectivity index (χ0v) is 13.5. The molecule has 134 valence electrons. The van der Waals surface area contributed by atoms with Crippen LogP contribution in [0.3, 0.4) is 0 Å². The summed E-state index contributed by atoms with van der Waals surface area (Å²) in [5.41, 5.74) is 1.14. The number of fused-ring (bicyclic) bond motifs is 1. The number of likely N-dealkylation sites (tertiary alicyclic amines) is 1. The molecule has 2 N–H and O–H groups in total. The van der Waals surface area contributed by atoms with Crippen molar-refractivity contribution in [3.63, 3.8) is 0 Å². The Kier molecular flexibility index (Phi) is 3.82. The maximum Gasteiger partial charge on any atom is 0.416 e. The molecule has 1 fully saturated rings. The molecule has 1 aliphatic heterocycles. The van der Waals surface area contributed by atoms with Crippen molar-refractivity contribution in [3.8, 4) is 0 Å². The number of aromatic nitrogens is 2. The minimum Gasteiger partial charge on any atom is -0.342 e. The van der Waals surface area contributed by atoms with E-state index in [2.05, 4.69) is 15.3 Å². The van der Waals surface area contributed by atoms with Gasteiger partial charge in [0.05, 0.1) is 22.5 Å². The van der Waals surface area contributed by atoms with E-state index in [9.17, 15) is 18.0 Å². The van der Waals surface area contributed by atoms with Crippen LogP contribution >= 0.6 is 0 Å². The van der Waals surface area contributed by atoms with Crippen LogP contribution in [0.5, 0.6) is 0 Å². The standard InChI is InChI=1S/C18H15F3N4O/c19-18(20,21)12-4-3-5-13(8-12)22-17(26)25-9-11(10-25)16-23-14-6-1-2-7-15(14)24-16/h1-8,11H,9-10H2,(H,22,26)(H,23,24). The third-order valence-corrected chi connectivity index (χ3v) is 4.40. The fourth-order valence-corrected chi connectivity index (χ4v) is 2.96. The Morgan fingerprint density at radius 2 is 1.92 bits per heavy atom. The van der Waals surface area contributed by atoms with Crippen molar-refractivity contribution in [3.05, 3.63) is 59.9 Å². The number of nitrogens with zero attached hydrogens (tertiary/aromatic N) is 2. The van der Waals surface area contributed by atoms with Gasteiger partial charge in [0, 0.05) is 18.8 Å². The number of alkyl halides is 3. The monoisotopic (exact) mass is 360 g/mol. The number of anilines is 1. The summed E-state index contributed by atoms with van der Waals surface area (Å²) in [6.07, 6.45) is -4.44. The number of hydrogen-bond acceptors (Lipinski definition) is 2. The lowest BCUT2D eigenvalue weighted by molar-refractivity contribution is -0.137. The van der Waals surface area contributed by atoms with Crippen LogP contribution in [0.2, 0.25) is 0 Å². The summed E-state index contributed by atoms with van der Waals surface area (Å²) in [6.45, 7) is 0.926. The van der Waals surface area contributed by atoms with Gasteiger partial charge in [-0.2, -0.15) is 13.2 Å². The van der Waals surface area contributed by atoms with E-state index in [0.29, 0.717) is 13.1 Å². The molecule has 0 unspecified atom stereocenters. The van der Waals surface area contributed by atoms with Crippen LogP contribution in [0.4, 0.5) is 23.7 Å². The summed E-state index contributed by atoms with van der Waals surface area (Å²) >= 11 is 0. The van der Waals surface area contributed by atoms with Crippen LogP contribution in [0.1, 0.15) is 17.3 Å². The molecule has 2 heterocycles. The predicted molar refractivity (Wildman–Crippen MR) is 90.9 cm³/mol. The van der Waals surface area contributed by atoms with Crippen molar-refractivity contribution in [1.29, 1.82) is 0 Å². The largest absolute Gasteiger partial charge is 0.416 e. The minimum atomic E-state index is -4.44. The molecule has 0 atom stereocenters. The maximum atomic E-state index is 12.7. The van der Waals surface area contributed by atoms with Crippen molar-refractivity contribution in [2.75, 3.05) is 18.4 Å². The van der Waals surface area contributed by atoms with Crippen molar-refractivity contribution < 1.29 is 18.0 Å². The third kappa shape index (κ3) is 3.10. The van der Waals surface area contributed by atoms with Gasteiger partial charge in [-0.25, -0.2) is 9.78 Å². The van der Waals surface area contributed by atoms with E-state index < -0.39 is 17.8 Å². The van der Waals surface area contributed by atoms with Crippen molar-refractivity contribution in [2.45, 2.75) is 12.1 Å². The summed E-state index contributed by atoms with van der Waals surface area (Å²) in [5.74, 6) is 0.906. The fraction of sp³-hybridized carbons (Fsp3) is 0.222. The second kappa shape index (κ2) is 6.05. The Balaban J connectivity index is 1.39. The number of imidazole rings is 1. The lowest BCUT2D eigenvalue weighted by Gasteiger charge is -2.38. The molecule has 0 bridgehead atoms. The molecule has 5 nitrogen and oxygen atoms in total. The van der Waals surface area contributed by atoms with Crippen LogP contribution in [0.25, 0.3) is 11.0 Å². The van der Waals surface area contributed by atoms with Crippen molar-refractivity contribution in [2.24, 2.45) is 0 Å². The van der Waals surface area contributed by atoms with Gasteiger partial charge in [0.2, 0.25) is 0 Å². The molecule has 0 radical (unpaired) electrons. The zero-order chi connectivity index (χ0) is 18.3. The van der Waals surface area contributed by atoms with E-state index in [1.54, 1.807) is 0 Å². The van der Waals surface area contributed by atoms with Gasteiger partial charge in [0.25, 0.3) is 0 Å². The van der Waals surface area contributed by atoms with E-state index in [1.165, 1.54) is 17.0 Å². The quantitative estimate of drug-likeness (QED) is 0.719. The highest BCUT2D eigenvalue weighted by molar-refractivity contribution is 5.90. The number of para-hydroxylation sites is 2. The van der Waals surface area contributed by atoms with Gasteiger partial charge in [-0.15, -0.1) is 0 Å². The predicted octanol–water partition coefficient (Wildman–Crippen LogP) is 4.21. The Labute approximate surface area is 146 Å². The van der Waals surface area contributed by atoms with Gasteiger partial charge in [-0.1, -0.05) is 18.2 Å². The smallest absolute Gasteiger partial charge is 0.342 e. The van der Waals surface area contributed by atoms with Gasteiger partial charge in [-0.3, -0.25) is 0 Å². The van der Waals surface area contributed by atoms with Crippen molar-refractivity contribution in [1.82, 2.24) is 14.9 Å². The van der Waals surface area contributed by atoms with Gasteiger partial charge in [0.1, 0.15) is 5.82 Å². The van der Waals surface area contributed by atoms with Crippen LogP contribution < -0.4 is 5.32 Å². The molecule has 1 aromatic heterocycles. The normalized spacial score (nSPS) is 15.1. The maximum absolute atomic E-state index is 12.7. The molecule has 2 amide bonds. The Morgan fingerprint density at radius 3 is 2.65 bits per heavy atom. The average molecular weight is 360 g/mol. The zero-order valence-electron chi connectivity index (χ0n) is 13.5. The molecule has 8 heteroatoms. The number of aromatic amines is 1. The molecule has 4 rings (SSSR count). The van der Waals surface area contributed by atoms with Crippen LogP contribution in [0.15, 0.2) is 48.5 Å². The van der Waals surface area contributed by atoms with E-state index in [1.807, 2.05) is 24.3 Å². The first-order valence-corrected chi connectivity index (χ1v) is 8.08. The molecule has 1 aliphatic rings. The van der Waals surface area contributed by atoms with Gasteiger partial charge in [0.15, 0.2) is 0 Å². The second-order valence-corrected chi connectivity index (χ2v) is 6.25. The summed E-state index contributed by atoms with van der Waals surface area (Å²) in [4.78, 5) is 21.5. The number of benzene rings is 2. The van der Waals surface area contributed by atoms with Gasteiger partial charge < -0.3 is 15.2 Å². The first-order valence-electron chi connectivity index (χ1n) is 8.08. The third-order valence-electron chi connectivity index (χ3n) is 4.40. The highest BCUT2D eigenvalue weighted by Gasteiger charge is 2.34. The van der Waals surface area contributed by atoms with Crippen molar-refractivity contribution >= 4 is 22.8 Å². The van der Waals surface area contributed by atoms with E-state index in [-0.39, 0.29) is 11.6 Å². The van der Waals surface area contributed by atoms with E-state index in [4.69, 9.17) is 0 Å². The van der Waals surface area contributed by atoms with Gasteiger partial charge >= 0.3 is 12.2 Å². The lowest BCUT2D eigenvalue weighted by Crippen LogP contribution is -2.50. The summed E-state index contributed by atoms with van der Waals surface area (Å²) < 4.78 is 38.2. The van der Waals surface area contributed by atoms with E-state index >= 15 is 0 Å². The number of urea groups is 1. The van der Waals surface area contributed by atoms with Crippen LogP contribution in [0, 0.1) is 0 Å². The van der Waals surface area contributed by atoms with E-state index in [0.717, 1.165) is 29.0 Å². The van der Waals surface area contributed by atoms with Crippen LogP contribution in [-0.2, 0) is 6.18 Å². The number of nitrogens with one attached hydrogen (secondary N) is 2. The average Bonchev–Trinajstić information content (AvgIpc) is 2.96. The molecular formula is C18H15F3N4O. The highest BCUT2D eigenvalue weighted by Crippen LogP contribution is 2.31. The molecule has 0 saturated carbocycles. The Morgan fingerprint density at radius 1 is 1.15 bits per heavy atom. The molecule has 0 spiro atoms. The molecule has 1 saturated heterocycles. The Bertz CT molecular complexity index is 927. The summed E-state index contributed by atoms with van der Waals surface area (Å²) in [7, 11) is 0. The molecule has 26 heavy (non-hydrogen) atoms. The summed E-state index contributed by atoms with van der Waals surface area (Å²) in [6, 6.07) is 11.8. The second-order valence-electron chi connectivity index (χ2n) is 6.25. The minimum absolute atomic E-state index is 0.0923. The molecule has 2 aromatic carbocycles. The molecule has 0 aliphatic carbocycles. The SMILES string of the molecule is O=C(Nc1cccc(C(F)(F)F)c1)N1CC(c2nc3ccccc3[nH]2)C1. The number of amides is 2. The number of H-pyrrole nitrogens is 1. The molecule has 3 aromatic rings. The molecular weight excluding hydrogens is 345 g/mol. The highest BCUT2D eigenvalue weighted by atomic mass is 19.4. The lowest BCUT2D eigenvalue weighted by atomic mass is 10.0. The number of hydrogen-bond donors (Lipinski definition) is 2. The Hall–Kier alpha value is -3.03. The van der Waals surface area contributed by atoms with Gasteiger partial charge in [-0.05, 0) is 30.3 Å².